The Balaban J connectivity index is 2.28. The Bertz CT molecular complexity index is 1370. The highest BCUT2D eigenvalue weighted by Gasteiger charge is 2.43. The number of hydrogen-bond acceptors (Lipinski definition) is 8. The van der Waals surface area contributed by atoms with E-state index in [2.05, 4.69) is 43.2 Å². The monoisotopic (exact) mass is 774 g/mol. The van der Waals surface area contributed by atoms with Gasteiger partial charge in [0.2, 0.25) is 23.6 Å². The van der Waals surface area contributed by atoms with Crippen LogP contribution in [0.1, 0.15) is 114 Å². The van der Waals surface area contributed by atoms with Gasteiger partial charge in [0.25, 0.3) is 0 Å². The van der Waals surface area contributed by atoms with Gasteiger partial charge in [-0.1, -0.05) is 85.2 Å². The largest absolute Gasteiger partial charge is 0.386 e. The smallest absolute Gasteiger partial charge is 0.245 e. The number of ether oxygens (including phenoxy) is 2. The minimum atomic E-state index is -0.878. The molecule has 0 radical (unpaired) electrons. The van der Waals surface area contributed by atoms with Crippen LogP contribution in [-0.2, 0) is 28.7 Å². The number of likely N-dealkylation sites (N-methyl/N-ethyl adjacent to an activating group) is 2. The van der Waals surface area contributed by atoms with Crippen molar-refractivity contribution >= 4 is 23.6 Å². The Morgan fingerprint density at radius 3 is 2.00 bits per heavy atom. The van der Waals surface area contributed by atoms with Crippen molar-refractivity contribution in [3.05, 3.63) is 35.9 Å². The maximum Gasteiger partial charge on any atom is 0.245 e. The molecule has 55 heavy (non-hydrogen) atoms. The normalized spacial score (nSPS) is 20.0. The SMILES string of the molecule is CCC(C)[C@@H]([C@@H](CC(=O)N1CCC[C@H]1[C@H](OC)[C@@H](C)C(=O)NC(C)[C@@H](O)c1ccccc1)OC)N(C)C(=O)[C@@H](NC(=O)[C@H](C(C)C)N(C)C(C)(C)C)C(C)C. The Labute approximate surface area is 332 Å². The number of nitrogens with zero attached hydrogens (tertiary/aromatic N) is 3. The van der Waals surface area contributed by atoms with Crippen molar-refractivity contribution in [2.75, 3.05) is 34.9 Å². The van der Waals surface area contributed by atoms with Crippen LogP contribution >= 0.6 is 0 Å². The Hall–Kier alpha value is -3.06. The average Bonchev–Trinajstić information content (AvgIpc) is 3.62. The first kappa shape index (κ1) is 48.1. The molecule has 1 aliphatic rings. The van der Waals surface area contributed by atoms with Crippen LogP contribution in [0, 0.1) is 23.7 Å². The Morgan fingerprint density at radius 1 is 0.909 bits per heavy atom. The number of nitrogens with one attached hydrogen (secondary N) is 2. The van der Waals surface area contributed by atoms with Crippen LogP contribution in [0.3, 0.4) is 0 Å². The zero-order valence-electron chi connectivity index (χ0n) is 36.6. The van der Waals surface area contributed by atoms with Gasteiger partial charge in [0, 0.05) is 33.4 Å². The quantitative estimate of drug-likeness (QED) is 0.168. The highest BCUT2D eigenvalue weighted by atomic mass is 16.5. The molecule has 2 unspecified atom stereocenters. The first-order chi connectivity index (χ1) is 25.6. The molecule has 10 atom stereocenters. The third-order valence-electron chi connectivity index (χ3n) is 11.8. The maximum absolute atomic E-state index is 14.4. The molecule has 0 bridgehead atoms. The molecule has 1 fully saturated rings. The standard InChI is InChI=1S/C43H75N5O7/c1-16-28(6)37(46(12)42(53)35(26(2)3)45-41(52)36(27(4)5)47(13)43(9,10)11)33(54-14)25-34(49)48-24-20-23-32(48)39(55-15)29(7)40(51)44-30(8)38(50)31-21-18-17-19-22-31/h17-19,21-22,26-30,32-33,35-39,50H,16,20,23-25H2,1-15H3,(H,44,51)(H,45,52)/t28?,29-,30?,32+,33-,35+,36+,37+,38-,39-/m1/s1. The molecule has 0 saturated carbocycles. The number of aliphatic hydroxyl groups is 1. The van der Waals surface area contributed by atoms with E-state index in [-0.39, 0.29) is 59.4 Å². The van der Waals surface area contributed by atoms with Gasteiger partial charge < -0.3 is 35.0 Å². The molecule has 3 N–H and O–H groups in total. The predicted molar refractivity (Wildman–Crippen MR) is 218 cm³/mol. The highest BCUT2D eigenvalue weighted by Crippen LogP contribution is 2.30. The van der Waals surface area contributed by atoms with Crippen LogP contribution in [-0.4, -0.2) is 126 Å². The molecule has 12 heteroatoms. The van der Waals surface area contributed by atoms with Crippen LogP contribution in [0.15, 0.2) is 30.3 Å². The van der Waals surface area contributed by atoms with Crippen LogP contribution in [0.4, 0.5) is 0 Å². The molecule has 314 valence electrons. The van der Waals surface area contributed by atoms with E-state index in [0.717, 1.165) is 12.8 Å². The van der Waals surface area contributed by atoms with Gasteiger partial charge in [-0.15, -0.1) is 0 Å². The van der Waals surface area contributed by atoms with Gasteiger partial charge >= 0.3 is 0 Å². The number of carbonyl (C=O) groups is 4. The molecule has 0 aliphatic carbocycles. The van der Waals surface area contributed by atoms with Crippen LogP contribution in [0.5, 0.6) is 0 Å². The second kappa shape index (κ2) is 21.5. The van der Waals surface area contributed by atoms with E-state index in [1.54, 1.807) is 44.9 Å². The summed E-state index contributed by atoms with van der Waals surface area (Å²) in [5.74, 6) is -1.62. The maximum atomic E-state index is 14.4. The average molecular weight is 774 g/mol. The lowest BCUT2D eigenvalue weighted by Crippen LogP contribution is -2.61. The van der Waals surface area contributed by atoms with E-state index in [1.165, 1.54) is 0 Å². The molecule has 4 amide bonds. The number of amides is 4. The van der Waals surface area contributed by atoms with E-state index in [1.807, 2.05) is 72.0 Å². The van der Waals surface area contributed by atoms with Gasteiger partial charge in [-0.25, -0.2) is 0 Å². The minimum absolute atomic E-state index is 0.0159. The first-order valence-electron chi connectivity index (χ1n) is 20.3. The van der Waals surface area contributed by atoms with Gasteiger partial charge in [-0.05, 0) is 70.9 Å². The minimum Gasteiger partial charge on any atom is -0.386 e. The molecular formula is C43H75N5O7. The third-order valence-corrected chi connectivity index (χ3v) is 11.8. The number of carbonyl (C=O) groups excluding carboxylic acids is 4. The molecule has 1 aromatic carbocycles. The van der Waals surface area contributed by atoms with E-state index in [0.29, 0.717) is 18.5 Å². The zero-order valence-corrected chi connectivity index (χ0v) is 36.6. The summed E-state index contributed by atoms with van der Waals surface area (Å²) in [7, 11) is 6.81. The molecule has 0 spiro atoms. The summed E-state index contributed by atoms with van der Waals surface area (Å²) in [6, 6.07) is 6.65. The number of benzene rings is 1. The van der Waals surface area contributed by atoms with Crippen molar-refractivity contribution in [1.29, 1.82) is 0 Å². The number of hydrogen-bond donors (Lipinski definition) is 3. The molecule has 0 aromatic heterocycles. The van der Waals surface area contributed by atoms with Crippen molar-refractivity contribution in [2.24, 2.45) is 23.7 Å². The Morgan fingerprint density at radius 2 is 1.51 bits per heavy atom. The summed E-state index contributed by atoms with van der Waals surface area (Å²) in [6.07, 6.45) is 0.119. The van der Waals surface area contributed by atoms with Gasteiger partial charge in [-0.2, -0.15) is 0 Å². The number of rotatable bonds is 20. The van der Waals surface area contributed by atoms with Crippen molar-refractivity contribution in [3.8, 4) is 0 Å². The van der Waals surface area contributed by atoms with E-state index in [9.17, 15) is 24.3 Å². The van der Waals surface area contributed by atoms with Crippen LogP contribution in [0.25, 0.3) is 0 Å². The van der Waals surface area contributed by atoms with Gasteiger partial charge in [0.15, 0.2) is 0 Å². The van der Waals surface area contributed by atoms with Gasteiger partial charge in [0.1, 0.15) is 6.04 Å². The lowest BCUT2D eigenvalue weighted by atomic mass is 9.89. The molecule has 2 rings (SSSR count). The first-order valence-corrected chi connectivity index (χ1v) is 20.3. The number of aliphatic hydroxyl groups excluding tert-OH is 1. The highest BCUT2D eigenvalue weighted by molar-refractivity contribution is 5.90. The molecular weight excluding hydrogens is 699 g/mol. The molecule has 1 aliphatic heterocycles. The number of likely N-dealkylation sites (tertiary alicyclic amines) is 1. The Kier molecular flexibility index (Phi) is 18.8. The fourth-order valence-electron chi connectivity index (χ4n) is 7.99. The summed E-state index contributed by atoms with van der Waals surface area (Å²) in [5.41, 5.74) is 0.454. The molecule has 12 nitrogen and oxygen atoms in total. The van der Waals surface area contributed by atoms with Gasteiger partial charge in [0.05, 0.1) is 54.8 Å². The molecule has 1 heterocycles. The summed E-state index contributed by atoms with van der Waals surface area (Å²) >= 11 is 0. The fourth-order valence-corrected chi connectivity index (χ4v) is 7.99. The van der Waals surface area contributed by atoms with E-state index in [4.69, 9.17) is 9.47 Å². The van der Waals surface area contributed by atoms with Crippen molar-refractivity contribution in [2.45, 2.75) is 156 Å². The van der Waals surface area contributed by atoms with Crippen molar-refractivity contribution in [1.82, 2.24) is 25.3 Å². The second-order valence-corrected chi connectivity index (χ2v) is 17.4. The van der Waals surface area contributed by atoms with E-state index < -0.39 is 48.4 Å². The summed E-state index contributed by atoms with van der Waals surface area (Å²) in [5, 5.41) is 16.9. The van der Waals surface area contributed by atoms with Gasteiger partial charge in [-0.3, -0.25) is 24.1 Å². The zero-order chi connectivity index (χ0) is 41.9. The second-order valence-electron chi connectivity index (χ2n) is 17.4. The number of methoxy groups -OCH3 is 2. The topological polar surface area (TPSA) is 141 Å². The molecule has 1 aromatic rings. The van der Waals surface area contributed by atoms with Crippen LogP contribution in [0.2, 0.25) is 0 Å². The van der Waals surface area contributed by atoms with E-state index >= 15 is 0 Å². The lowest BCUT2D eigenvalue weighted by Gasteiger charge is -2.42. The van der Waals surface area contributed by atoms with Crippen molar-refractivity contribution in [3.63, 3.8) is 0 Å². The van der Waals surface area contributed by atoms with Crippen LogP contribution < -0.4 is 10.6 Å². The summed E-state index contributed by atoms with van der Waals surface area (Å²) < 4.78 is 12.0. The predicted octanol–water partition coefficient (Wildman–Crippen LogP) is 5.04. The van der Waals surface area contributed by atoms with Crippen molar-refractivity contribution < 1.29 is 33.8 Å². The molecule has 1 saturated heterocycles. The summed E-state index contributed by atoms with van der Waals surface area (Å²) in [6.45, 7) is 22.2. The fraction of sp³-hybridized carbons (Fsp3) is 0.767. The third kappa shape index (κ3) is 12.5. The lowest BCUT2D eigenvalue weighted by molar-refractivity contribution is -0.148. The summed E-state index contributed by atoms with van der Waals surface area (Å²) in [4.78, 5) is 61.5.